The Morgan fingerprint density at radius 2 is 2.25 bits per heavy atom. The quantitative estimate of drug-likeness (QED) is 0.536. The first-order chi connectivity index (χ1) is 3.30. The van der Waals surface area contributed by atoms with Gasteiger partial charge < -0.3 is 4.90 Å². The normalized spacial score (nSPS) is 18.6. The minimum atomic E-state index is 0. The molecule has 42 valence electrons. The fourth-order valence-electron chi connectivity index (χ4n) is 0.783. The second kappa shape index (κ2) is 3.95. The Kier molecular flexibility index (Phi) is 4.47. The number of carbonyl (C=O) groups is 1. The largest absolute Gasteiger partial charge is 0.346 e. The van der Waals surface area contributed by atoms with Crippen molar-refractivity contribution in [2.24, 2.45) is 0 Å². The monoisotopic (exact) mass is 237 g/mol. The number of amides is 1. The summed E-state index contributed by atoms with van der Waals surface area (Å²) in [5.74, 6) is 0.292. The van der Waals surface area contributed by atoms with Gasteiger partial charge in [-0.2, -0.15) is 0 Å². The van der Waals surface area contributed by atoms with Gasteiger partial charge in [0, 0.05) is 68.9 Å². The smallest absolute Gasteiger partial charge is 0.222 e. The first-order valence-electron chi connectivity index (χ1n) is 2.54. The molecule has 0 aliphatic carbocycles. The zero-order valence-electron chi connectivity index (χ0n) is 5.18. The van der Waals surface area contributed by atoms with Gasteiger partial charge in [0.15, 0.2) is 0 Å². The Balaban J connectivity index is 0.000000490. The molecule has 8 heavy (non-hydrogen) atoms. The van der Waals surface area contributed by atoms with E-state index in [2.05, 4.69) is 0 Å². The van der Waals surface area contributed by atoms with Crippen molar-refractivity contribution in [3.8, 4) is 0 Å². The van der Waals surface area contributed by atoms with Gasteiger partial charge in [-0.1, -0.05) is 0 Å². The summed E-state index contributed by atoms with van der Waals surface area (Å²) in [4.78, 5) is 12.3. The summed E-state index contributed by atoms with van der Waals surface area (Å²) < 4.78 is 0. The molecule has 0 aromatic heterocycles. The number of rotatable bonds is 0. The van der Waals surface area contributed by atoms with Crippen LogP contribution in [-0.4, -0.2) is 73.3 Å². The van der Waals surface area contributed by atoms with Crippen molar-refractivity contribution < 1.29 is 4.79 Å². The minimum Gasteiger partial charge on any atom is -0.346 e. The summed E-state index contributed by atoms with van der Waals surface area (Å²) in [6.07, 6.45) is 1.81. The van der Waals surface area contributed by atoms with Crippen molar-refractivity contribution in [3.05, 3.63) is 0 Å². The summed E-state index contributed by atoms with van der Waals surface area (Å²) in [5.41, 5.74) is 0. The Hall–Kier alpha value is 1.04. The molecule has 1 heterocycles. The van der Waals surface area contributed by atoms with Crippen LogP contribution in [0.2, 0.25) is 0 Å². The van der Waals surface area contributed by atoms with Crippen LogP contribution in [0.1, 0.15) is 12.8 Å². The third-order valence-corrected chi connectivity index (χ3v) is 1.31. The van der Waals surface area contributed by atoms with E-state index >= 15 is 0 Å². The maximum Gasteiger partial charge on any atom is 0.222 e. The Morgan fingerprint density at radius 3 is 2.38 bits per heavy atom. The molecule has 0 spiro atoms. The second-order valence-corrected chi connectivity index (χ2v) is 1.92. The topological polar surface area (TPSA) is 20.3 Å². The van der Waals surface area contributed by atoms with E-state index in [-0.39, 0.29) is 48.9 Å². The van der Waals surface area contributed by atoms with Crippen LogP contribution in [-0.2, 0) is 4.79 Å². The summed E-state index contributed by atoms with van der Waals surface area (Å²) in [6.45, 7) is 0.957. The van der Waals surface area contributed by atoms with Gasteiger partial charge in [0.2, 0.25) is 5.91 Å². The molecule has 1 fully saturated rings. The minimum absolute atomic E-state index is 0. The van der Waals surface area contributed by atoms with E-state index in [1.54, 1.807) is 4.90 Å². The predicted molar refractivity (Wildman–Crippen MR) is 32.6 cm³/mol. The fourth-order valence-corrected chi connectivity index (χ4v) is 0.783. The van der Waals surface area contributed by atoms with E-state index in [1.807, 2.05) is 7.05 Å². The van der Waals surface area contributed by atoms with Crippen molar-refractivity contribution in [1.29, 1.82) is 0 Å². The molecule has 0 N–H and O–H groups in total. The van der Waals surface area contributed by atoms with Crippen molar-refractivity contribution >= 4 is 54.8 Å². The van der Waals surface area contributed by atoms with Crippen LogP contribution in [0.3, 0.4) is 0 Å². The average molecular weight is 236 g/mol. The molecule has 1 saturated heterocycles. The van der Waals surface area contributed by atoms with Crippen LogP contribution in [0.25, 0.3) is 0 Å². The van der Waals surface area contributed by atoms with E-state index in [0.29, 0.717) is 5.91 Å². The zero-order chi connectivity index (χ0) is 5.28. The van der Waals surface area contributed by atoms with Crippen LogP contribution < -0.4 is 0 Å². The standard InChI is InChI=1S/C5H9NO.Ba/c1-6-4-2-3-5(6)7;/h2-4H2,1H3;. The number of hydrogen-bond acceptors (Lipinski definition) is 1. The molecule has 1 aliphatic heterocycles. The molecule has 0 aromatic rings. The molecule has 2 nitrogen and oxygen atoms in total. The Bertz CT molecular complexity index is 94.4. The SMILES string of the molecule is CN1CCCC1=O.[Ba]. The third kappa shape index (κ3) is 2.11. The molecule has 2 radical (unpaired) electrons. The van der Waals surface area contributed by atoms with E-state index in [0.717, 1.165) is 19.4 Å². The van der Waals surface area contributed by atoms with Gasteiger partial charge in [0.05, 0.1) is 0 Å². The van der Waals surface area contributed by atoms with Crippen LogP contribution in [0.4, 0.5) is 0 Å². The molecule has 3 heteroatoms. The number of carbonyl (C=O) groups excluding carboxylic acids is 1. The molecule has 1 aliphatic rings. The van der Waals surface area contributed by atoms with Gasteiger partial charge in [0.1, 0.15) is 0 Å². The molecule has 0 bridgehead atoms. The Labute approximate surface area is 89.7 Å². The molecule has 0 saturated carbocycles. The maximum atomic E-state index is 10.5. The molecule has 0 atom stereocenters. The summed E-state index contributed by atoms with van der Waals surface area (Å²) in [6, 6.07) is 0. The molecule has 0 aromatic carbocycles. The van der Waals surface area contributed by atoms with Crippen molar-refractivity contribution in [2.75, 3.05) is 13.6 Å². The van der Waals surface area contributed by atoms with Crippen molar-refractivity contribution in [1.82, 2.24) is 4.90 Å². The second-order valence-electron chi connectivity index (χ2n) is 1.92. The number of likely N-dealkylation sites (tertiary alicyclic amines) is 1. The van der Waals surface area contributed by atoms with Crippen LogP contribution in [0, 0.1) is 0 Å². The average Bonchev–Trinajstić information content (AvgIpc) is 1.91. The number of nitrogens with zero attached hydrogens (tertiary/aromatic N) is 1. The van der Waals surface area contributed by atoms with Crippen LogP contribution in [0.5, 0.6) is 0 Å². The van der Waals surface area contributed by atoms with Gasteiger partial charge in [0.25, 0.3) is 0 Å². The molecular weight excluding hydrogens is 227 g/mol. The van der Waals surface area contributed by atoms with Crippen LogP contribution in [0.15, 0.2) is 0 Å². The van der Waals surface area contributed by atoms with Crippen LogP contribution >= 0.6 is 0 Å². The first kappa shape index (κ1) is 9.04. The number of hydrogen-bond donors (Lipinski definition) is 0. The zero-order valence-corrected chi connectivity index (χ0v) is 9.62. The van der Waals surface area contributed by atoms with E-state index in [1.165, 1.54) is 0 Å². The van der Waals surface area contributed by atoms with Gasteiger partial charge in [-0.15, -0.1) is 0 Å². The molecule has 1 rings (SSSR count). The molecular formula is C5H9BaNO. The van der Waals surface area contributed by atoms with E-state index in [4.69, 9.17) is 0 Å². The predicted octanol–water partition coefficient (Wildman–Crippen LogP) is -0.142. The fraction of sp³-hybridized carbons (Fsp3) is 0.800. The Morgan fingerprint density at radius 1 is 1.62 bits per heavy atom. The summed E-state index contributed by atoms with van der Waals surface area (Å²) in [7, 11) is 1.84. The maximum absolute atomic E-state index is 10.5. The third-order valence-electron chi connectivity index (χ3n) is 1.31. The molecule has 1 amide bonds. The first-order valence-corrected chi connectivity index (χ1v) is 2.54. The summed E-state index contributed by atoms with van der Waals surface area (Å²) >= 11 is 0. The van der Waals surface area contributed by atoms with Crippen molar-refractivity contribution in [3.63, 3.8) is 0 Å². The van der Waals surface area contributed by atoms with Gasteiger partial charge in [-0.3, -0.25) is 4.79 Å². The van der Waals surface area contributed by atoms with E-state index < -0.39 is 0 Å². The van der Waals surface area contributed by atoms with Gasteiger partial charge in [-0.25, -0.2) is 0 Å². The molecule has 0 unspecified atom stereocenters. The van der Waals surface area contributed by atoms with Crippen molar-refractivity contribution in [2.45, 2.75) is 12.8 Å². The summed E-state index contributed by atoms with van der Waals surface area (Å²) in [5, 5.41) is 0. The van der Waals surface area contributed by atoms with Gasteiger partial charge >= 0.3 is 0 Å². The van der Waals surface area contributed by atoms with Gasteiger partial charge in [-0.05, 0) is 6.42 Å². The van der Waals surface area contributed by atoms with E-state index in [9.17, 15) is 4.79 Å².